The first-order chi connectivity index (χ1) is 12.8. The van der Waals surface area contributed by atoms with E-state index in [2.05, 4.69) is 5.32 Å². The van der Waals surface area contributed by atoms with Gasteiger partial charge in [0.1, 0.15) is 5.75 Å². The van der Waals surface area contributed by atoms with E-state index < -0.39 is 12.1 Å². The molecule has 1 atom stereocenters. The van der Waals surface area contributed by atoms with Crippen molar-refractivity contribution in [3.63, 3.8) is 0 Å². The smallest absolute Gasteiger partial charge is 0.338 e. The minimum Gasteiger partial charge on any atom is -0.481 e. The summed E-state index contributed by atoms with van der Waals surface area (Å²) in [5, 5.41) is 3.49. The summed E-state index contributed by atoms with van der Waals surface area (Å²) in [7, 11) is 0. The van der Waals surface area contributed by atoms with E-state index in [1.54, 1.807) is 43.3 Å². The number of nitrogens with one attached hydrogen (secondary N) is 1. The Morgan fingerprint density at radius 2 is 1.81 bits per heavy atom. The number of aryl methyl sites for hydroxylation is 2. The summed E-state index contributed by atoms with van der Waals surface area (Å²) in [6.07, 6.45) is -0.180. The Labute approximate surface area is 164 Å². The normalized spacial score (nSPS) is 11.6. The number of amides is 1. The van der Waals surface area contributed by atoms with Gasteiger partial charge in [-0.2, -0.15) is 0 Å². The number of carbonyl (C=O) groups excluding carboxylic acids is 2. The number of hydrogen-bond acceptors (Lipinski definition) is 4. The molecule has 0 unspecified atom stereocenters. The monoisotopic (exact) mass is 389 g/mol. The number of hydrogen-bond donors (Lipinski definition) is 1. The number of esters is 1. The Balaban J connectivity index is 2.15. The van der Waals surface area contributed by atoms with Gasteiger partial charge in [0, 0.05) is 10.7 Å². The van der Waals surface area contributed by atoms with Crippen molar-refractivity contribution in [1.29, 1.82) is 0 Å². The second-order valence-electron chi connectivity index (χ2n) is 6.17. The second-order valence-corrected chi connectivity index (χ2v) is 6.57. The van der Waals surface area contributed by atoms with Crippen LogP contribution in [-0.4, -0.2) is 24.6 Å². The van der Waals surface area contributed by atoms with Gasteiger partial charge in [-0.1, -0.05) is 24.6 Å². The third-order valence-corrected chi connectivity index (χ3v) is 4.50. The number of rotatable bonds is 7. The lowest BCUT2D eigenvalue weighted by Gasteiger charge is -2.19. The molecule has 0 heterocycles. The van der Waals surface area contributed by atoms with E-state index in [4.69, 9.17) is 21.1 Å². The van der Waals surface area contributed by atoms with Crippen molar-refractivity contribution in [2.45, 2.75) is 40.2 Å². The van der Waals surface area contributed by atoms with E-state index in [1.165, 1.54) is 0 Å². The third-order valence-electron chi connectivity index (χ3n) is 4.08. The van der Waals surface area contributed by atoms with Crippen molar-refractivity contribution in [2.75, 3.05) is 11.9 Å². The minimum atomic E-state index is -0.670. The van der Waals surface area contributed by atoms with Gasteiger partial charge in [-0.3, -0.25) is 4.79 Å². The molecule has 27 heavy (non-hydrogen) atoms. The molecule has 0 spiro atoms. The summed E-state index contributed by atoms with van der Waals surface area (Å²) in [6, 6.07) is 10.3. The van der Waals surface area contributed by atoms with E-state index in [1.807, 2.05) is 20.8 Å². The maximum absolute atomic E-state index is 12.7. The lowest BCUT2D eigenvalue weighted by molar-refractivity contribution is -0.122. The van der Waals surface area contributed by atoms with Crippen LogP contribution < -0.4 is 10.1 Å². The van der Waals surface area contributed by atoms with Crippen molar-refractivity contribution in [3.8, 4) is 5.75 Å². The predicted molar refractivity (Wildman–Crippen MR) is 107 cm³/mol. The predicted octanol–water partition coefficient (Wildman–Crippen LogP) is 4.93. The van der Waals surface area contributed by atoms with Crippen LogP contribution in [0.15, 0.2) is 36.4 Å². The second kappa shape index (κ2) is 9.42. The van der Waals surface area contributed by atoms with Gasteiger partial charge in [-0.15, -0.1) is 0 Å². The Hall–Kier alpha value is -2.53. The van der Waals surface area contributed by atoms with Crippen molar-refractivity contribution < 1.29 is 19.1 Å². The Morgan fingerprint density at radius 3 is 2.44 bits per heavy atom. The van der Waals surface area contributed by atoms with E-state index in [-0.39, 0.29) is 5.91 Å². The van der Waals surface area contributed by atoms with E-state index >= 15 is 0 Å². The molecule has 0 aliphatic rings. The summed E-state index contributed by atoms with van der Waals surface area (Å²) in [5.41, 5.74) is 2.66. The highest BCUT2D eigenvalue weighted by molar-refractivity contribution is 6.31. The molecule has 1 amide bonds. The maximum Gasteiger partial charge on any atom is 0.338 e. The highest BCUT2D eigenvalue weighted by atomic mass is 35.5. The first-order valence-electron chi connectivity index (χ1n) is 8.87. The molecule has 0 fully saturated rings. The fourth-order valence-corrected chi connectivity index (χ4v) is 2.61. The SMILES string of the molecule is CCOC(=O)c1ccc(C)c(NC(=O)[C@@H](CC)Oc2ccc(Cl)c(C)c2)c1. The molecule has 0 aliphatic carbocycles. The summed E-state index contributed by atoms with van der Waals surface area (Å²) < 4.78 is 10.8. The van der Waals surface area contributed by atoms with Crippen LogP contribution in [0.3, 0.4) is 0 Å². The number of anilines is 1. The number of benzene rings is 2. The number of ether oxygens (including phenoxy) is 2. The highest BCUT2D eigenvalue weighted by Gasteiger charge is 2.20. The van der Waals surface area contributed by atoms with Gasteiger partial charge < -0.3 is 14.8 Å². The molecule has 0 aromatic heterocycles. The molecule has 2 aromatic carbocycles. The fourth-order valence-electron chi connectivity index (χ4n) is 2.49. The van der Waals surface area contributed by atoms with Crippen molar-refractivity contribution in [2.24, 2.45) is 0 Å². The average molecular weight is 390 g/mol. The minimum absolute atomic E-state index is 0.283. The molecule has 0 aliphatic heterocycles. The molecule has 0 saturated heterocycles. The largest absolute Gasteiger partial charge is 0.481 e. The molecule has 0 saturated carbocycles. The van der Waals surface area contributed by atoms with Gasteiger partial charge >= 0.3 is 5.97 Å². The summed E-state index contributed by atoms with van der Waals surface area (Å²) in [6.45, 7) is 7.64. The third kappa shape index (κ3) is 5.47. The highest BCUT2D eigenvalue weighted by Crippen LogP contribution is 2.23. The van der Waals surface area contributed by atoms with Gasteiger partial charge in [-0.25, -0.2) is 4.79 Å². The summed E-state index contributed by atoms with van der Waals surface area (Å²) >= 11 is 6.03. The van der Waals surface area contributed by atoms with Gasteiger partial charge in [0.25, 0.3) is 5.91 Å². The molecule has 2 rings (SSSR count). The maximum atomic E-state index is 12.7. The Morgan fingerprint density at radius 1 is 1.07 bits per heavy atom. The van der Waals surface area contributed by atoms with E-state index in [0.29, 0.717) is 35.1 Å². The molecule has 1 N–H and O–H groups in total. The van der Waals surface area contributed by atoms with E-state index in [0.717, 1.165) is 11.1 Å². The van der Waals surface area contributed by atoms with Crippen LogP contribution >= 0.6 is 11.6 Å². The van der Waals surface area contributed by atoms with Crippen molar-refractivity contribution in [1.82, 2.24) is 0 Å². The van der Waals surface area contributed by atoms with Crippen molar-refractivity contribution >= 4 is 29.2 Å². The Bertz CT molecular complexity index is 835. The lowest BCUT2D eigenvalue weighted by Crippen LogP contribution is -2.32. The molecule has 5 nitrogen and oxygen atoms in total. The van der Waals surface area contributed by atoms with Crippen molar-refractivity contribution in [3.05, 3.63) is 58.1 Å². The summed E-state index contributed by atoms with van der Waals surface area (Å²) in [5.74, 6) is -0.127. The number of carbonyl (C=O) groups is 2. The lowest BCUT2D eigenvalue weighted by atomic mass is 10.1. The standard InChI is InChI=1S/C21H24ClNO4/c1-5-19(27-16-9-10-17(22)14(4)11-16)20(24)23-18-12-15(8-7-13(18)3)21(25)26-6-2/h7-12,19H,5-6H2,1-4H3,(H,23,24)/t19-/m1/s1. The molecular formula is C21H24ClNO4. The zero-order chi connectivity index (χ0) is 20.0. The first kappa shape index (κ1) is 20.8. The van der Waals surface area contributed by atoms with Gasteiger partial charge in [0.2, 0.25) is 0 Å². The topological polar surface area (TPSA) is 64.6 Å². The van der Waals surface area contributed by atoms with Crippen LogP contribution in [0.25, 0.3) is 0 Å². The molecule has 6 heteroatoms. The van der Waals surface area contributed by atoms with Crippen LogP contribution in [0, 0.1) is 13.8 Å². The molecule has 144 valence electrons. The molecule has 0 radical (unpaired) electrons. The Kier molecular flexibility index (Phi) is 7.25. The number of halogens is 1. The van der Waals surface area contributed by atoms with Gasteiger partial charge in [0.05, 0.1) is 12.2 Å². The van der Waals surface area contributed by atoms with E-state index in [9.17, 15) is 9.59 Å². The average Bonchev–Trinajstić information content (AvgIpc) is 2.64. The van der Waals surface area contributed by atoms with Gasteiger partial charge in [0.15, 0.2) is 6.10 Å². The zero-order valence-electron chi connectivity index (χ0n) is 16.0. The molecular weight excluding hydrogens is 366 g/mol. The molecule has 2 aromatic rings. The van der Waals surface area contributed by atoms with Crippen LogP contribution in [0.5, 0.6) is 5.75 Å². The quantitative estimate of drug-likeness (QED) is 0.682. The van der Waals surface area contributed by atoms with Crippen LogP contribution in [0.2, 0.25) is 5.02 Å². The van der Waals surface area contributed by atoms with Crippen LogP contribution in [0.1, 0.15) is 41.8 Å². The van der Waals surface area contributed by atoms with Gasteiger partial charge in [-0.05, 0) is 68.7 Å². The summed E-state index contributed by atoms with van der Waals surface area (Å²) in [4.78, 5) is 24.6. The van der Waals surface area contributed by atoms with Crippen LogP contribution in [-0.2, 0) is 9.53 Å². The fraction of sp³-hybridized carbons (Fsp3) is 0.333. The van der Waals surface area contributed by atoms with Crippen LogP contribution in [0.4, 0.5) is 5.69 Å². The zero-order valence-corrected chi connectivity index (χ0v) is 16.7. The first-order valence-corrected chi connectivity index (χ1v) is 9.25. The molecule has 0 bridgehead atoms.